The Kier molecular flexibility index (Phi) is 12.2. The lowest BCUT2D eigenvalue weighted by Gasteiger charge is -2.11. The molecule has 0 saturated heterocycles. The number of aliphatic hydroxyl groups is 2. The van der Waals surface area contributed by atoms with Gasteiger partial charge in [-0.05, 0) is 18.8 Å². The van der Waals surface area contributed by atoms with E-state index in [1.165, 1.54) is 19.3 Å². The van der Waals surface area contributed by atoms with Crippen molar-refractivity contribution in [2.45, 2.75) is 45.2 Å². The molecular weight excluding hydrogens is 253 g/mol. The third kappa shape index (κ3) is 13.2. The van der Waals surface area contributed by atoms with Crippen LogP contribution in [-0.2, 0) is 4.79 Å². The fourth-order valence-corrected chi connectivity index (χ4v) is 1.19. The molecule has 0 aromatic heterocycles. The molecule has 0 radical (unpaired) electrons. The largest absolute Gasteiger partial charge is 0.490 e. The highest BCUT2D eigenvalue weighted by Crippen LogP contribution is 2.13. The van der Waals surface area contributed by atoms with Crippen LogP contribution < -0.4 is 0 Å². The number of carboxylic acid groups (broad SMARTS) is 1. The van der Waals surface area contributed by atoms with Gasteiger partial charge in [-0.15, -0.1) is 0 Å². The van der Waals surface area contributed by atoms with E-state index < -0.39 is 12.1 Å². The number of unbranched alkanes of at least 4 members (excludes halogenated alkanes) is 2. The molecule has 0 aliphatic rings. The lowest BCUT2D eigenvalue weighted by Crippen LogP contribution is -2.21. The molecule has 7 heteroatoms. The lowest BCUT2D eigenvalue weighted by atomic mass is 9.99. The molecule has 1 unspecified atom stereocenters. The minimum Gasteiger partial charge on any atom is -0.475 e. The fraction of sp³-hybridized carbons (Fsp3) is 0.909. The molecule has 0 spiro atoms. The van der Waals surface area contributed by atoms with Gasteiger partial charge in [0, 0.05) is 13.2 Å². The van der Waals surface area contributed by atoms with E-state index in [1.807, 2.05) is 0 Å². The van der Waals surface area contributed by atoms with E-state index in [1.54, 1.807) is 0 Å². The molecule has 0 aromatic carbocycles. The first-order valence-electron chi connectivity index (χ1n) is 5.81. The SMILES string of the molecule is CCCCCC(CO)CCO.O=C(O)C(F)(F)F. The molecule has 4 nitrogen and oxygen atoms in total. The number of carboxylic acids is 1. The lowest BCUT2D eigenvalue weighted by molar-refractivity contribution is -0.192. The second kappa shape index (κ2) is 11.3. The van der Waals surface area contributed by atoms with Crippen LogP contribution in [0.4, 0.5) is 13.2 Å². The Bertz CT molecular complexity index is 207. The summed E-state index contributed by atoms with van der Waals surface area (Å²) in [5.41, 5.74) is 0. The molecule has 0 fully saturated rings. The smallest absolute Gasteiger partial charge is 0.475 e. The minimum atomic E-state index is -5.08. The number of hydrogen-bond donors (Lipinski definition) is 3. The van der Waals surface area contributed by atoms with Gasteiger partial charge in [-0.25, -0.2) is 4.79 Å². The van der Waals surface area contributed by atoms with Crippen LogP contribution in [0.25, 0.3) is 0 Å². The number of alkyl halides is 3. The summed E-state index contributed by atoms with van der Waals surface area (Å²) >= 11 is 0. The zero-order valence-electron chi connectivity index (χ0n) is 10.4. The predicted octanol–water partition coefficient (Wildman–Crippen LogP) is 2.19. The van der Waals surface area contributed by atoms with E-state index in [4.69, 9.17) is 20.1 Å². The zero-order chi connectivity index (χ0) is 14.6. The summed E-state index contributed by atoms with van der Waals surface area (Å²) in [4.78, 5) is 8.90. The quantitative estimate of drug-likeness (QED) is 0.622. The van der Waals surface area contributed by atoms with Crippen molar-refractivity contribution in [3.8, 4) is 0 Å². The van der Waals surface area contributed by atoms with Gasteiger partial charge < -0.3 is 15.3 Å². The Labute approximate surface area is 104 Å². The summed E-state index contributed by atoms with van der Waals surface area (Å²) < 4.78 is 31.7. The maximum absolute atomic E-state index is 10.6. The summed E-state index contributed by atoms with van der Waals surface area (Å²) in [5.74, 6) is -2.43. The third-order valence-electron chi connectivity index (χ3n) is 2.25. The topological polar surface area (TPSA) is 77.8 Å². The van der Waals surface area contributed by atoms with Crippen LogP contribution in [-0.4, -0.2) is 40.7 Å². The first-order chi connectivity index (χ1) is 8.29. The zero-order valence-corrected chi connectivity index (χ0v) is 10.4. The summed E-state index contributed by atoms with van der Waals surface area (Å²) in [6.07, 6.45) is 0.367. The first kappa shape index (κ1) is 19.5. The molecule has 0 bridgehead atoms. The van der Waals surface area contributed by atoms with Crippen LogP contribution in [0.3, 0.4) is 0 Å². The van der Waals surface area contributed by atoms with Crippen LogP contribution in [0.15, 0.2) is 0 Å². The first-order valence-corrected chi connectivity index (χ1v) is 5.81. The molecule has 0 amide bonds. The average Bonchev–Trinajstić information content (AvgIpc) is 2.27. The highest BCUT2D eigenvalue weighted by Gasteiger charge is 2.38. The van der Waals surface area contributed by atoms with Gasteiger partial charge in [0.1, 0.15) is 0 Å². The average molecular weight is 274 g/mol. The third-order valence-corrected chi connectivity index (χ3v) is 2.25. The van der Waals surface area contributed by atoms with Crippen LogP contribution >= 0.6 is 0 Å². The van der Waals surface area contributed by atoms with Crippen molar-refractivity contribution in [1.82, 2.24) is 0 Å². The van der Waals surface area contributed by atoms with Crippen molar-refractivity contribution in [3.63, 3.8) is 0 Å². The molecular formula is C11H21F3O4. The molecule has 0 saturated carbocycles. The molecule has 0 aromatic rings. The van der Waals surface area contributed by atoms with Gasteiger partial charge >= 0.3 is 12.1 Å². The molecule has 18 heavy (non-hydrogen) atoms. The van der Waals surface area contributed by atoms with Crippen LogP contribution in [0.1, 0.15) is 39.0 Å². The maximum atomic E-state index is 10.6. The highest BCUT2D eigenvalue weighted by atomic mass is 19.4. The molecule has 0 heterocycles. The Morgan fingerprint density at radius 2 is 1.67 bits per heavy atom. The number of rotatable bonds is 7. The summed E-state index contributed by atoms with van der Waals surface area (Å²) in [5, 5.41) is 24.6. The van der Waals surface area contributed by atoms with Crippen LogP contribution in [0.5, 0.6) is 0 Å². The summed E-state index contributed by atoms with van der Waals surface area (Å²) in [7, 11) is 0. The normalized spacial score (nSPS) is 12.6. The van der Waals surface area contributed by atoms with E-state index in [0.717, 1.165) is 12.8 Å². The molecule has 3 N–H and O–H groups in total. The van der Waals surface area contributed by atoms with Gasteiger partial charge in [-0.2, -0.15) is 13.2 Å². The molecule has 0 aliphatic heterocycles. The monoisotopic (exact) mass is 274 g/mol. The number of aliphatic carboxylic acids is 1. The van der Waals surface area contributed by atoms with Gasteiger partial charge in [0.05, 0.1) is 0 Å². The van der Waals surface area contributed by atoms with E-state index in [0.29, 0.717) is 5.92 Å². The van der Waals surface area contributed by atoms with Crippen molar-refractivity contribution in [2.24, 2.45) is 5.92 Å². The number of carbonyl (C=O) groups is 1. The van der Waals surface area contributed by atoms with Gasteiger partial charge in [0.15, 0.2) is 0 Å². The fourth-order valence-electron chi connectivity index (χ4n) is 1.19. The van der Waals surface area contributed by atoms with Gasteiger partial charge in [0.2, 0.25) is 0 Å². The number of hydrogen-bond acceptors (Lipinski definition) is 3. The molecule has 0 aliphatic carbocycles. The van der Waals surface area contributed by atoms with E-state index in [2.05, 4.69) is 6.92 Å². The van der Waals surface area contributed by atoms with E-state index >= 15 is 0 Å². The van der Waals surface area contributed by atoms with E-state index in [9.17, 15) is 13.2 Å². The minimum absolute atomic E-state index is 0.206. The number of aliphatic hydroxyl groups excluding tert-OH is 2. The second-order valence-electron chi connectivity index (χ2n) is 3.86. The Morgan fingerprint density at radius 3 is 1.94 bits per heavy atom. The predicted molar refractivity (Wildman–Crippen MR) is 60.1 cm³/mol. The second-order valence-corrected chi connectivity index (χ2v) is 3.86. The summed E-state index contributed by atoms with van der Waals surface area (Å²) in [6.45, 7) is 2.60. The van der Waals surface area contributed by atoms with Crippen LogP contribution in [0.2, 0.25) is 0 Å². The van der Waals surface area contributed by atoms with Crippen molar-refractivity contribution < 1.29 is 33.3 Å². The van der Waals surface area contributed by atoms with Crippen LogP contribution in [0, 0.1) is 5.92 Å². The van der Waals surface area contributed by atoms with E-state index in [-0.39, 0.29) is 13.2 Å². The van der Waals surface area contributed by atoms with Crippen molar-refractivity contribution in [1.29, 1.82) is 0 Å². The van der Waals surface area contributed by atoms with Gasteiger partial charge in [-0.1, -0.05) is 26.2 Å². The van der Waals surface area contributed by atoms with Gasteiger partial charge in [0.25, 0.3) is 0 Å². The Morgan fingerprint density at radius 1 is 1.17 bits per heavy atom. The standard InChI is InChI=1S/C9H20O2.C2HF3O2/c1-2-3-4-5-9(8-11)6-7-10;3-2(4,5)1(6)7/h9-11H,2-8H2,1H3;(H,6,7). The van der Waals surface area contributed by atoms with Crippen molar-refractivity contribution in [2.75, 3.05) is 13.2 Å². The highest BCUT2D eigenvalue weighted by molar-refractivity contribution is 5.73. The van der Waals surface area contributed by atoms with Crippen molar-refractivity contribution in [3.05, 3.63) is 0 Å². The maximum Gasteiger partial charge on any atom is 0.490 e. The Balaban J connectivity index is 0. The molecule has 110 valence electrons. The van der Waals surface area contributed by atoms with Gasteiger partial charge in [-0.3, -0.25) is 0 Å². The summed E-state index contributed by atoms with van der Waals surface area (Å²) in [6, 6.07) is 0. The van der Waals surface area contributed by atoms with Crippen molar-refractivity contribution >= 4 is 5.97 Å². The molecule has 1 atom stereocenters. The Hall–Kier alpha value is -0.820. The number of halogens is 3. The molecule has 0 rings (SSSR count).